The minimum absolute atomic E-state index is 0.0131. The highest BCUT2D eigenvalue weighted by molar-refractivity contribution is 7.12. The van der Waals surface area contributed by atoms with Crippen LogP contribution in [0.2, 0.25) is 0 Å². The fourth-order valence-electron chi connectivity index (χ4n) is 4.62. The van der Waals surface area contributed by atoms with Crippen LogP contribution in [0.1, 0.15) is 39.6 Å². The van der Waals surface area contributed by atoms with E-state index in [4.69, 9.17) is 0 Å². The first-order chi connectivity index (χ1) is 15.7. The lowest BCUT2D eigenvalue weighted by Crippen LogP contribution is -2.46. The summed E-state index contributed by atoms with van der Waals surface area (Å²) in [7, 11) is 0. The molecule has 1 aliphatic heterocycles. The number of para-hydroxylation sites is 1. The van der Waals surface area contributed by atoms with Crippen molar-refractivity contribution < 1.29 is 9.59 Å². The van der Waals surface area contributed by atoms with Crippen molar-refractivity contribution in [2.45, 2.75) is 24.8 Å². The summed E-state index contributed by atoms with van der Waals surface area (Å²) >= 11 is 1.42. The molecule has 162 valence electrons. The summed E-state index contributed by atoms with van der Waals surface area (Å²) in [5.74, 6) is -0.110. The molecule has 1 fully saturated rings. The third kappa shape index (κ3) is 3.94. The molecule has 0 unspecified atom stereocenters. The van der Waals surface area contributed by atoms with Gasteiger partial charge < -0.3 is 15.2 Å². The van der Waals surface area contributed by atoms with E-state index in [-0.39, 0.29) is 17.7 Å². The van der Waals surface area contributed by atoms with E-state index in [2.05, 4.69) is 34.6 Å². The van der Waals surface area contributed by atoms with Crippen LogP contribution in [0, 0.1) is 0 Å². The summed E-state index contributed by atoms with van der Waals surface area (Å²) in [6.45, 7) is 1.10. The van der Waals surface area contributed by atoms with Gasteiger partial charge >= 0.3 is 0 Å². The number of nitrogens with one attached hydrogen (secondary N) is 2. The van der Waals surface area contributed by atoms with Gasteiger partial charge in [-0.05, 0) is 41.5 Å². The molecule has 3 heterocycles. The topological polar surface area (TPSA) is 65.2 Å². The predicted octanol–water partition coefficient (Wildman–Crippen LogP) is 4.78. The molecular formula is C26H25N3O2S. The van der Waals surface area contributed by atoms with Crippen molar-refractivity contribution in [1.29, 1.82) is 0 Å². The first kappa shape index (κ1) is 20.5. The number of aromatic nitrogens is 1. The van der Waals surface area contributed by atoms with Crippen molar-refractivity contribution >= 4 is 34.1 Å². The van der Waals surface area contributed by atoms with E-state index in [1.807, 2.05) is 54.0 Å². The molecule has 6 heteroatoms. The average Bonchev–Trinajstić information content (AvgIpc) is 3.60. The maximum atomic E-state index is 13.2. The monoisotopic (exact) mass is 443 g/mol. The average molecular weight is 444 g/mol. The van der Waals surface area contributed by atoms with E-state index in [1.165, 1.54) is 11.3 Å². The Morgan fingerprint density at radius 3 is 2.69 bits per heavy atom. The van der Waals surface area contributed by atoms with Crippen LogP contribution < -0.4 is 5.32 Å². The number of carbonyl (C=O) groups is 2. The number of amides is 2. The minimum atomic E-state index is -0.413. The van der Waals surface area contributed by atoms with E-state index in [0.717, 1.165) is 28.5 Å². The molecule has 0 spiro atoms. The van der Waals surface area contributed by atoms with E-state index in [0.29, 0.717) is 24.4 Å². The van der Waals surface area contributed by atoms with Gasteiger partial charge in [0.1, 0.15) is 6.04 Å². The van der Waals surface area contributed by atoms with Crippen LogP contribution in [-0.2, 0) is 4.79 Å². The van der Waals surface area contributed by atoms with Gasteiger partial charge in [0, 0.05) is 36.1 Å². The number of benzene rings is 2. The Labute approximate surface area is 191 Å². The number of thiophene rings is 1. The van der Waals surface area contributed by atoms with Gasteiger partial charge in [0.2, 0.25) is 5.91 Å². The molecule has 32 heavy (non-hydrogen) atoms. The van der Waals surface area contributed by atoms with Gasteiger partial charge in [-0.25, -0.2) is 0 Å². The standard InChI is InChI=1S/C26H25N3O2S/c30-25(23-12-6-14-29(23)26(31)24-13-7-15-32-24)28-16-20(18-8-2-1-3-9-18)21-17-27-22-11-5-4-10-19(21)22/h1-5,7-11,13,15,17,20,23,27H,6,12,14,16H2,(H,28,30)/t20-,23+/m0/s1. The lowest BCUT2D eigenvalue weighted by molar-refractivity contribution is -0.124. The van der Waals surface area contributed by atoms with Gasteiger partial charge in [-0.1, -0.05) is 54.6 Å². The molecule has 2 N–H and O–H groups in total. The van der Waals surface area contributed by atoms with Crippen molar-refractivity contribution in [3.8, 4) is 0 Å². The van der Waals surface area contributed by atoms with Gasteiger partial charge in [0.15, 0.2) is 0 Å². The van der Waals surface area contributed by atoms with Crippen LogP contribution in [-0.4, -0.2) is 40.8 Å². The molecule has 2 aromatic heterocycles. The SMILES string of the molecule is O=C(NC[C@@H](c1ccccc1)c1c[nH]c2ccccc12)[C@H]1CCCN1C(=O)c1cccs1. The molecule has 5 nitrogen and oxygen atoms in total. The van der Waals surface area contributed by atoms with Crippen molar-refractivity contribution in [2.75, 3.05) is 13.1 Å². The third-order valence-electron chi connectivity index (χ3n) is 6.23. The van der Waals surface area contributed by atoms with Crippen LogP contribution >= 0.6 is 11.3 Å². The maximum Gasteiger partial charge on any atom is 0.264 e. The Hall–Kier alpha value is -3.38. The van der Waals surface area contributed by atoms with Crippen LogP contribution in [0.25, 0.3) is 10.9 Å². The number of fused-ring (bicyclic) bond motifs is 1. The highest BCUT2D eigenvalue weighted by atomic mass is 32.1. The number of aromatic amines is 1. The van der Waals surface area contributed by atoms with E-state index >= 15 is 0 Å². The Morgan fingerprint density at radius 2 is 1.88 bits per heavy atom. The third-order valence-corrected chi connectivity index (χ3v) is 7.09. The number of hydrogen-bond acceptors (Lipinski definition) is 3. The molecule has 2 aromatic carbocycles. The summed E-state index contributed by atoms with van der Waals surface area (Å²) in [6.07, 6.45) is 3.59. The van der Waals surface area contributed by atoms with Crippen molar-refractivity contribution in [1.82, 2.24) is 15.2 Å². The Morgan fingerprint density at radius 1 is 1.06 bits per heavy atom. The Balaban J connectivity index is 1.36. The summed E-state index contributed by atoms with van der Waals surface area (Å²) < 4.78 is 0. The van der Waals surface area contributed by atoms with Crippen molar-refractivity contribution in [2.24, 2.45) is 0 Å². The van der Waals surface area contributed by atoms with Crippen LogP contribution in [0.4, 0.5) is 0 Å². The molecular weight excluding hydrogens is 418 g/mol. The predicted molar refractivity (Wildman–Crippen MR) is 128 cm³/mol. The second-order valence-electron chi connectivity index (χ2n) is 8.13. The zero-order valence-electron chi connectivity index (χ0n) is 17.7. The smallest absolute Gasteiger partial charge is 0.264 e. The molecule has 2 atom stereocenters. The van der Waals surface area contributed by atoms with E-state index < -0.39 is 6.04 Å². The number of rotatable bonds is 6. The first-order valence-corrected chi connectivity index (χ1v) is 11.8. The summed E-state index contributed by atoms with van der Waals surface area (Å²) in [5, 5.41) is 6.21. The lowest BCUT2D eigenvalue weighted by atomic mass is 9.91. The number of hydrogen-bond donors (Lipinski definition) is 2. The first-order valence-electron chi connectivity index (χ1n) is 11.0. The van der Waals surface area contributed by atoms with Crippen LogP contribution in [0.3, 0.4) is 0 Å². The van der Waals surface area contributed by atoms with E-state index in [1.54, 1.807) is 4.90 Å². The highest BCUT2D eigenvalue weighted by Gasteiger charge is 2.35. The molecule has 0 saturated carbocycles. The number of carbonyl (C=O) groups excluding carboxylic acids is 2. The zero-order valence-corrected chi connectivity index (χ0v) is 18.5. The number of nitrogens with zero attached hydrogens (tertiary/aromatic N) is 1. The van der Waals surface area contributed by atoms with Crippen molar-refractivity contribution in [3.63, 3.8) is 0 Å². The zero-order chi connectivity index (χ0) is 21.9. The molecule has 4 aromatic rings. The molecule has 0 aliphatic carbocycles. The molecule has 2 amide bonds. The quantitative estimate of drug-likeness (QED) is 0.450. The number of H-pyrrole nitrogens is 1. The van der Waals surface area contributed by atoms with Gasteiger partial charge in [-0.15, -0.1) is 11.3 Å². The molecule has 0 radical (unpaired) electrons. The lowest BCUT2D eigenvalue weighted by Gasteiger charge is -2.25. The molecule has 1 aliphatic rings. The van der Waals surface area contributed by atoms with Crippen molar-refractivity contribution in [3.05, 3.63) is 94.3 Å². The molecule has 0 bridgehead atoms. The second-order valence-corrected chi connectivity index (χ2v) is 9.08. The Kier molecular flexibility index (Phi) is 5.77. The maximum absolute atomic E-state index is 13.2. The van der Waals surface area contributed by atoms with Gasteiger partial charge in [0.25, 0.3) is 5.91 Å². The molecule has 1 saturated heterocycles. The molecule has 5 rings (SSSR count). The van der Waals surface area contributed by atoms with Crippen LogP contribution in [0.15, 0.2) is 78.3 Å². The summed E-state index contributed by atoms with van der Waals surface area (Å²) in [5.41, 5.74) is 3.39. The largest absolute Gasteiger partial charge is 0.361 e. The summed E-state index contributed by atoms with van der Waals surface area (Å²) in [6, 6.07) is 21.7. The van der Waals surface area contributed by atoms with Gasteiger partial charge in [-0.2, -0.15) is 0 Å². The second kappa shape index (κ2) is 9.01. The highest BCUT2D eigenvalue weighted by Crippen LogP contribution is 2.31. The summed E-state index contributed by atoms with van der Waals surface area (Å²) in [4.78, 5) is 31.8. The number of likely N-dealkylation sites (tertiary alicyclic amines) is 1. The van der Waals surface area contributed by atoms with Gasteiger partial charge in [-0.3, -0.25) is 9.59 Å². The fourth-order valence-corrected chi connectivity index (χ4v) is 5.30. The van der Waals surface area contributed by atoms with Crippen LogP contribution in [0.5, 0.6) is 0 Å². The van der Waals surface area contributed by atoms with E-state index in [9.17, 15) is 9.59 Å². The fraction of sp³-hybridized carbons (Fsp3) is 0.231. The minimum Gasteiger partial charge on any atom is -0.361 e. The normalized spacial score (nSPS) is 16.9. The van der Waals surface area contributed by atoms with Gasteiger partial charge in [0.05, 0.1) is 4.88 Å². The Bertz CT molecular complexity index is 1220.